The van der Waals surface area contributed by atoms with Crippen molar-refractivity contribution >= 4 is 23.3 Å². The third kappa shape index (κ3) is 3.78. The maximum Gasteiger partial charge on any atom is 0.323 e. The van der Waals surface area contributed by atoms with Gasteiger partial charge in [0.05, 0.1) is 17.9 Å². The summed E-state index contributed by atoms with van der Waals surface area (Å²) in [5.74, 6) is -0.0674. The average Bonchev–Trinajstić information content (AvgIpc) is 2.69. The van der Waals surface area contributed by atoms with Crippen LogP contribution < -0.4 is 15.4 Å². The van der Waals surface area contributed by atoms with Gasteiger partial charge in [-0.1, -0.05) is 12.1 Å². The summed E-state index contributed by atoms with van der Waals surface area (Å²) < 4.78 is 19.5. The minimum Gasteiger partial charge on any atom is -0.493 e. The Hall–Kier alpha value is -3.09. The number of hydrogen-bond donors (Lipinski definition) is 2. The van der Waals surface area contributed by atoms with Crippen LogP contribution in [0.5, 0.6) is 5.75 Å². The Morgan fingerprint density at radius 2 is 1.96 bits per heavy atom. The van der Waals surface area contributed by atoms with Gasteiger partial charge < -0.3 is 20.3 Å². The topological polar surface area (TPSA) is 70.7 Å². The molecule has 2 aromatic rings. The number of carbonyl (C=O) groups excluding carboxylic acids is 2. The van der Waals surface area contributed by atoms with Crippen molar-refractivity contribution in [1.82, 2.24) is 4.90 Å². The maximum absolute atomic E-state index is 13.7. The van der Waals surface area contributed by atoms with E-state index in [1.807, 2.05) is 4.90 Å². The molecule has 28 heavy (non-hydrogen) atoms. The van der Waals surface area contributed by atoms with Crippen molar-refractivity contribution in [3.05, 3.63) is 53.8 Å². The Morgan fingerprint density at radius 3 is 2.82 bits per heavy atom. The van der Waals surface area contributed by atoms with Crippen LogP contribution in [0.25, 0.3) is 0 Å². The van der Waals surface area contributed by atoms with E-state index in [1.54, 1.807) is 30.3 Å². The predicted octanol–water partition coefficient (Wildman–Crippen LogP) is 4.25. The molecule has 1 fully saturated rings. The summed E-state index contributed by atoms with van der Waals surface area (Å²) in [6.07, 6.45) is 3.95. The molecule has 4 rings (SSSR count). The SMILES string of the molecule is O=C(Nc1ccc2c(c1)C(=O)N1CCCCC1CCO2)Nc1ccccc1F. The number of benzene rings is 2. The molecule has 0 aromatic heterocycles. The fourth-order valence-corrected chi connectivity index (χ4v) is 3.78. The number of nitrogens with zero attached hydrogens (tertiary/aromatic N) is 1. The maximum atomic E-state index is 13.7. The molecular weight excluding hydrogens is 361 g/mol. The molecular formula is C21H22FN3O3. The van der Waals surface area contributed by atoms with E-state index >= 15 is 0 Å². The van der Waals surface area contributed by atoms with E-state index in [-0.39, 0.29) is 17.6 Å². The molecule has 0 aliphatic carbocycles. The molecule has 7 heteroatoms. The van der Waals surface area contributed by atoms with Gasteiger partial charge in [0.2, 0.25) is 0 Å². The Kier molecular flexibility index (Phi) is 5.14. The lowest BCUT2D eigenvalue weighted by molar-refractivity contribution is 0.0548. The zero-order valence-corrected chi connectivity index (χ0v) is 15.4. The minimum absolute atomic E-state index is 0.0717. The Morgan fingerprint density at radius 1 is 1.11 bits per heavy atom. The number of fused-ring (bicyclic) bond motifs is 2. The molecule has 1 atom stereocenters. The zero-order valence-electron chi connectivity index (χ0n) is 15.4. The molecule has 2 heterocycles. The van der Waals surface area contributed by atoms with E-state index < -0.39 is 11.8 Å². The third-order valence-electron chi connectivity index (χ3n) is 5.19. The summed E-state index contributed by atoms with van der Waals surface area (Å²) in [4.78, 5) is 27.2. The second kappa shape index (κ2) is 7.88. The van der Waals surface area contributed by atoms with E-state index in [9.17, 15) is 14.0 Å². The normalized spacial score (nSPS) is 18.8. The minimum atomic E-state index is -0.583. The van der Waals surface area contributed by atoms with Crippen molar-refractivity contribution in [1.29, 1.82) is 0 Å². The van der Waals surface area contributed by atoms with Crippen LogP contribution in [-0.4, -0.2) is 36.0 Å². The molecule has 0 bridgehead atoms. The molecule has 2 aliphatic heterocycles. The number of rotatable bonds is 2. The molecule has 146 valence electrons. The summed E-state index contributed by atoms with van der Waals surface area (Å²) in [5, 5.41) is 5.12. The molecule has 1 unspecified atom stereocenters. The number of urea groups is 1. The zero-order chi connectivity index (χ0) is 19.5. The number of para-hydroxylation sites is 1. The molecule has 0 saturated carbocycles. The summed E-state index contributed by atoms with van der Waals surface area (Å²) in [5.41, 5.74) is 0.968. The Labute approximate surface area is 162 Å². The van der Waals surface area contributed by atoms with E-state index in [4.69, 9.17) is 4.74 Å². The Bertz CT molecular complexity index is 902. The monoisotopic (exact) mass is 383 g/mol. The number of amides is 3. The number of halogens is 1. The molecule has 3 amide bonds. The van der Waals surface area contributed by atoms with Crippen LogP contribution >= 0.6 is 0 Å². The number of nitrogens with one attached hydrogen (secondary N) is 2. The van der Waals surface area contributed by atoms with Crippen molar-refractivity contribution in [2.45, 2.75) is 31.7 Å². The molecule has 0 spiro atoms. The van der Waals surface area contributed by atoms with Gasteiger partial charge in [-0.3, -0.25) is 4.79 Å². The highest BCUT2D eigenvalue weighted by molar-refractivity contribution is 6.02. The van der Waals surface area contributed by atoms with Crippen LogP contribution in [0, 0.1) is 5.82 Å². The summed E-state index contributed by atoms with van der Waals surface area (Å²) >= 11 is 0. The predicted molar refractivity (Wildman–Crippen MR) is 104 cm³/mol. The average molecular weight is 383 g/mol. The molecule has 2 N–H and O–H groups in total. The van der Waals surface area contributed by atoms with Crippen LogP contribution in [-0.2, 0) is 0 Å². The van der Waals surface area contributed by atoms with Crippen LogP contribution in [0.2, 0.25) is 0 Å². The lowest BCUT2D eigenvalue weighted by Gasteiger charge is -2.37. The largest absolute Gasteiger partial charge is 0.493 e. The number of anilines is 2. The fourth-order valence-electron chi connectivity index (χ4n) is 3.78. The van der Waals surface area contributed by atoms with Gasteiger partial charge in [-0.2, -0.15) is 0 Å². The molecule has 0 radical (unpaired) electrons. The first-order valence-corrected chi connectivity index (χ1v) is 9.52. The van der Waals surface area contributed by atoms with Crippen LogP contribution in [0.4, 0.5) is 20.6 Å². The highest BCUT2D eigenvalue weighted by Crippen LogP contribution is 2.31. The van der Waals surface area contributed by atoms with Gasteiger partial charge in [-0.05, 0) is 49.6 Å². The summed E-state index contributed by atoms with van der Waals surface area (Å²) in [6, 6.07) is 10.5. The lowest BCUT2D eigenvalue weighted by Crippen LogP contribution is -2.45. The van der Waals surface area contributed by atoms with E-state index in [1.165, 1.54) is 12.1 Å². The number of piperidine rings is 1. The number of carbonyl (C=O) groups is 2. The van der Waals surface area contributed by atoms with Crippen LogP contribution in [0.15, 0.2) is 42.5 Å². The third-order valence-corrected chi connectivity index (χ3v) is 5.19. The van der Waals surface area contributed by atoms with Gasteiger partial charge in [-0.15, -0.1) is 0 Å². The van der Waals surface area contributed by atoms with E-state index in [2.05, 4.69) is 10.6 Å². The standard InChI is InChI=1S/C21H22FN3O3/c22-17-6-1-2-7-18(17)24-21(27)23-14-8-9-19-16(13-14)20(26)25-11-4-3-5-15(25)10-12-28-19/h1-2,6-9,13,15H,3-5,10-12H2,(H2,23,24,27). The fraction of sp³-hybridized carbons (Fsp3) is 0.333. The van der Waals surface area contributed by atoms with Gasteiger partial charge in [0.25, 0.3) is 5.91 Å². The van der Waals surface area contributed by atoms with Crippen LogP contribution in [0.1, 0.15) is 36.0 Å². The molecule has 1 saturated heterocycles. The summed E-state index contributed by atoms with van der Waals surface area (Å²) in [7, 11) is 0. The van der Waals surface area contributed by atoms with Crippen molar-refractivity contribution in [2.24, 2.45) is 0 Å². The van der Waals surface area contributed by atoms with Crippen molar-refractivity contribution in [3.63, 3.8) is 0 Å². The van der Waals surface area contributed by atoms with E-state index in [0.717, 1.165) is 32.2 Å². The van der Waals surface area contributed by atoms with Crippen molar-refractivity contribution in [3.8, 4) is 5.75 Å². The van der Waals surface area contributed by atoms with Gasteiger partial charge >= 0.3 is 6.03 Å². The molecule has 2 aromatic carbocycles. The first-order chi connectivity index (χ1) is 13.6. The van der Waals surface area contributed by atoms with Gasteiger partial charge in [0.15, 0.2) is 0 Å². The second-order valence-corrected chi connectivity index (χ2v) is 7.06. The van der Waals surface area contributed by atoms with E-state index in [0.29, 0.717) is 23.6 Å². The van der Waals surface area contributed by atoms with Crippen molar-refractivity contribution in [2.75, 3.05) is 23.8 Å². The Balaban J connectivity index is 1.53. The lowest BCUT2D eigenvalue weighted by atomic mass is 9.97. The smallest absolute Gasteiger partial charge is 0.323 e. The quantitative estimate of drug-likeness (QED) is 0.815. The van der Waals surface area contributed by atoms with Gasteiger partial charge in [-0.25, -0.2) is 9.18 Å². The molecule has 6 nitrogen and oxygen atoms in total. The highest BCUT2D eigenvalue weighted by atomic mass is 19.1. The van der Waals surface area contributed by atoms with Gasteiger partial charge in [0, 0.05) is 24.7 Å². The van der Waals surface area contributed by atoms with Crippen LogP contribution in [0.3, 0.4) is 0 Å². The summed E-state index contributed by atoms with van der Waals surface area (Å²) in [6.45, 7) is 1.30. The number of ether oxygens (including phenoxy) is 1. The van der Waals surface area contributed by atoms with Crippen molar-refractivity contribution < 1.29 is 18.7 Å². The first kappa shape index (κ1) is 18.3. The molecule has 2 aliphatic rings. The van der Waals surface area contributed by atoms with Gasteiger partial charge in [0.1, 0.15) is 11.6 Å². The number of hydrogen-bond acceptors (Lipinski definition) is 3. The second-order valence-electron chi connectivity index (χ2n) is 7.06. The highest BCUT2D eigenvalue weighted by Gasteiger charge is 2.31. The first-order valence-electron chi connectivity index (χ1n) is 9.52.